The zero-order chi connectivity index (χ0) is 38.4. The molecule has 8 rings (SSSR count). The van der Waals surface area contributed by atoms with Gasteiger partial charge < -0.3 is 28.7 Å². The second kappa shape index (κ2) is 15.1. The summed E-state index contributed by atoms with van der Waals surface area (Å²) < 4.78 is 15.1. The largest absolute Gasteiger partial charge is 0.496 e. The van der Waals surface area contributed by atoms with Crippen LogP contribution in [0.5, 0.6) is 11.5 Å². The van der Waals surface area contributed by atoms with Crippen LogP contribution >= 0.6 is 0 Å². The quantitative estimate of drug-likeness (QED) is 0.241. The van der Waals surface area contributed by atoms with E-state index in [0.29, 0.717) is 41.9 Å². The molecule has 4 aromatic rings. The van der Waals surface area contributed by atoms with E-state index >= 15 is 0 Å². The molecule has 0 aliphatic carbocycles. The van der Waals surface area contributed by atoms with E-state index in [1.165, 1.54) is 6.42 Å². The fourth-order valence-corrected chi connectivity index (χ4v) is 8.83. The van der Waals surface area contributed by atoms with Gasteiger partial charge in [-0.25, -0.2) is 0 Å². The van der Waals surface area contributed by atoms with Gasteiger partial charge in [0.15, 0.2) is 0 Å². The van der Waals surface area contributed by atoms with Gasteiger partial charge in [0.25, 0.3) is 11.5 Å². The van der Waals surface area contributed by atoms with Gasteiger partial charge in [-0.3, -0.25) is 34.1 Å². The lowest BCUT2D eigenvalue weighted by molar-refractivity contribution is -0.136. The van der Waals surface area contributed by atoms with E-state index < -0.39 is 6.04 Å². The molecule has 2 aromatic heterocycles. The topological polar surface area (TPSA) is 134 Å². The number of rotatable bonds is 10. The smallest absolute Gasteiger partial charge is 0.261 e. The number of piperidine rings is 2. The Hall–Kier alpha value is -5.21. The molecule has 1 unspecified atom stereocenters. The van der Waals surface area contributed by atoms with Crippen molar-refractivity contribution in [1.29, 1.82) is 0 Å². The zero-order valence-corrected chi connectivity index (χ0v) is 32.2. The molecular formula is C41H50N8O6. The molecule has 3 saturated heterocycles. The molecule has 0 saturated carbocycles. The van der Waals surface area contributed by atoms with Crippen LogP contribution in [-0.2, 0) is 36.8 Å². The third-order valence-corrected chi connectivity index (χ3v) is 12.1. The molecule has 0 radical (unpaired) electrons. The minimum absolute atomic E-state index is 0.0822. The lowest BCUT2D eigenvalue weighted by atomic mass is 9.92. The molecule has 55 heavy (non-hydrogen) atoms. The predicted molar refractivity (Wildman–Crippen MR) is 208 cm³/mol. The molecule has 3 amide bonds. The van der Waals surface area contributed by atoms with E-state index in [1.807, 2.05) is 37.5 Å². The van der Waals surface area contributed by atoms with Crippen LogP contribution in [0.3, 0.4) is 0 Å². The number of benzene rings is 2. The molecule has 1 N–H and O–H groups in total. The maximum Gasteiger partial charge on any atom is 0.261 e. The number of anilines is 1. The average molecular weight is 751 g/mol. The monoisotopic (exact) mass is 750 g/mol. The number of pyridine rings is 1. The highest BCUT2D eigenvalue weighted by Gasteiger charge is 2.39. The Kier molecular flexibility index (Phi) is 10.1. The van der Waals surface area contributed by atoms with E-state index in [0.717, 1.165) is 98.1 Å². The molecule has 4 aliphatic heterocycles. The number of piperazine rings is 1. The number of nitrogens with one attached hydrogen (secondary N) is 1. The molecule has 4 aliphatic rings. The van der Waals surface area contributed by atoms with Gasteiger partial charge in [0, 0.05) is 102 Å². The summed E-state index contributed by atoms with van der Waals surface area (Å²) in [6.07, 6.45) is 7.63. The molecule has 6 heterocycles. The highest BCUT2D eigenvalue weighted by molar-refractivity contribution is 6.05. The lowest BCUT2D eigenvalue weighted by Crippen LogP contribution is -2.52. The van der Waals surface area contributed by atoms with Crippen molar-refractivity contribution in [2.75, 3.05) is 64.9 Å². The Balaban J connectivity index is 0.828. The van der Waals surface area contributed by atoms with Crippen molar-refractivity contribution in [3.8, 4) is 22.6 Å². The number of carbonyl (C=O) groups excluding carboxylic acids is 3. The number of hydrogen-bond acceptors (Lipinski definition) is 10. The normalized spacial score (nSPS) is 20.0. The molecule has 0 spiro atoms. The van der Waals surface area contributed by atoms with Crippen LogP contribution in [0.1, 0.15) is 53.6 Å². The molecule has 14 heteroatoms. The number of methoxy groups -OCH3 is 2. The summed E-state index contributed by atoms with van der Waals surface area (Å²) in [7, 11) is 6.95. The number of amides is 3. The first-order chi connectivity index (χ1) is 26.6. The fraction of sp³-hybridized carbons (Fsp3) is 0.488. The van der Waals surface area contributed by atoms with Crippen LogP contribution in [-0.4, -0.2) is 113 Å². The molecule has 290 valence electrons. The van der Waals surface area contributed by atoms with Crippen molar-refractivity contribution < 1.29 is 23.9 Å². The number of hydrogen-bond donors (Lipinski definition) is 1. The van der Waals surface area contributed by atoms with Gasteiger partial charge in [0.05, 0.1) is 25.2 Å². The summed E-state index contributed by atoms with van der Waals surface area (Å²) >= 11 is 0. The summed E-state index contributed by atoms with van der Waals surface area (Å²) in [4.78, 5) is 59.2. The first-order valence-corrected chi connectivity index (χ1v) is 19.4. The fourth-order valence-electron chi connectivity index (χ4n) is 8.83. The van der Waals surface area contributed by atoms with E-state index in [1.54, 1.807) is 41.6 Å². The van der Waals surface area contributed by atoms with Gasteiger partial charge in [-0.05, 0) is 73.5 Å². The first kappa shape index (κ1) is 36.8. The van der Waals surface area contributed by atoms with Gasteiger partial charge in [-0.15, -0.1) is 0 Å². The van der Waals surface area contributed by atoms with E-state index in [9.17, 15) is 19.2 Å². The molecule has 0 bridgehead atoms. The van der Waals surface area contributed by atoms with Gasteiger partial charge in [0.2, 0.25) is 11.8 Å². The first-order valence-electron chi connectivity index (χ1n) is 19.4. The van der Waals surface area contributed by atoms with Crippen LogP contribution < -0.4 is 25.2 Å². The molecule has 1 atom stereocenters. The third kappa shape index (κ3) is 7.20. The second-order valence-electron chi connectivity index (χ2n) is 15.5. The molecule has 2 aromatic carbocycles. The molecule has 3 fully saturated rings. The van der Waals surface area contributed by atoms with Crippen molar-refractivity contribution >= 4 is 34.3 Å². The SMILES string of the molecule is COc1cc(-c2cn(C)c(=O)c3cn(C)nc23)cc(OC)c1CN1CCN(CCC2CCN(c3ccc4c(c3)C(=O)N(C3CCC(=O)NC3=O)C4)CC2)CC1. The van der Waals surface area contributed by atoms with E-state index in [4.69, 9.17) is 9.47 Å². The minimum atomic E-state index is -0.593. The third-order valence-electron chi connectivity index (χ3n) is 12.1. The number of fused-ring (bicyclic) bond motifs is 2. The molecular weight excluding hydrogens is 701 g/mol. The van der Waals surface area contributed by atoms with Crippen molar-refractivity contribution in [2.45, 2.75) is 51.2 Å². The molecule has 14 nitrogen and oxygen atoms in total. The maximum absolute atomic E-state index is 13.3. The van der Waals surface area contributed by atoms with Crippen molar-refractivity contribution in [2.24, 2.45) is 20.0 Å². The van der Waals surface area contributed by atoms with E-state index in [2.05, 4.69) is 31.2 Å². The number of nitrogens with zero attached hydrogens (tertiary/aromatic N) is 7. The summed E-state index contributed by atoms with van der Waals surface area (Å²) in [6, 6.07) is 9.58. The predicted octanol–water partition coefficient (Wildman–Crippen LogP) is 3.14. The minimum Gasteiger partial charge on any atom is -0.496 e. The highest BCUT2D eigenvalue weighted by Crippen LogP contribution is 2.38. The van der Waals surface area contributed by atoms with Crippen molar-refractivity contribution in [3.63, 3.8) is 0 Å². The van der Waals surface area contributed by atoms with E-state index in [-0.39, 0.29) is 29.7 Å². The van der Waals surface area contributed by atoms with Crippen molar-refractivity contribution in [1.82, 2.24) is 34.4 Å². The van der Waals surface area contributed by atoms with Gasteiger partial charge in [-0.2, -0.15) is 5.10 Å². The van der Waals surface area contributed by atoms with Crippen molar-refractivity contribution in [3.05, 3.63) is 69.8 Å². The number of carbonyl (C=O) groups is 3. The highest BCUT2D eigenvalue weighted by atomic mass is 16.5. The zero-order valence-electron chi connectivity index (χ0n) is 32.2. The Bertz CT molecular complexity index is 2170. The number of aryl methyl sites for hydroxylation is 2. The number of imide groups is 1. The summed E-state index contributed by atoms with van der Waals surface area (Å²) in [5.74, 6) is 1.40. The maximum atomic E-state index is 13.3. The summed E-state index contributed by atoms with van der Waals surface area (Å²) in [5, 5.41) is 7.55. The number of ether oxygens (including phenoxy) is 2. The Morgan fingerprint density at radius 2 is 1.55 bits per heavy atom. The Morgan fingerprint density at radius 3 is 2.24 bits per heavy atom. The number of aromatic nitrogens is 3. The van der Waals surface area contributed by atoms with Crippen LogP contribution in [0.2, 0.25) is 0 Å². The van der Waals surface area contributed by atoms with Crippen LogP contribution in [0, 0.1) is 5.92 Å². The van der Waals surface area contributed by atoms with Crippen LogP contribution in [0.25, 0.3) is 22.0 Å². The lowest BCUT2D eigenvalue weighted by Gasteiger charge is -2.37. The van der Waals surface area contributed by atoms with Gasteiger partial charge in [-0.1, -0.05) is 6.07 Å². The Labute approximate surface area is 320 Å². The van der Waals surface area contributed by atoms with Crippen LogP contribution in [0.4, 0.5) is 5.69 Å². The Morgan fingerprint density at radius 1 is 0.836 bits per heavy atom. The van der Waals surface area contributed by atoms with Gasteiger partial charge in [0.1, 0.15) is 23.1 Å². The summed E-state index contributed by atoms with van der Waals surface area (Å²) in [6.45, 7) is 8.06. The van der Waals surface area contributed by atoms with Crippen LogP contribution in [0.15, 0.2) is 47.5 Å². The second-order valence-corrected chi connectivity index (χ2v) is 15.5. The summed E-state index contributed by atoms with van der Waals surface area (Å²) in [5.41, 5.74) is 5.98. The standard InChI is InChI=1S/C41H50N8O6/c1-44-23-31(38-33(40(44)52)24-45(2)43-38)28-19-35(54-3)32(36(20-28)55-4)25-47-17-15-46(16-18-47)12-9-26-10-13-48(14-11-26)29-6-5-27-22-49(41(53)30(27)21-29)34-7-8-37(50)42-39(34)51/h5-6,19-21,23-24,26,34H,7-18,22,25H2,1-4H3,(H,42,50,51). The van der Waals surface area contributed by atoms with Gasteiger partial charge >= 0.3 is 0 Å². The average Bonchev–Trinajstić information content (AvgIpc) is 3.75.